The van der Waals surface area contributed by atoms with E-state index in [1.165, 1.54) is 11.3 Å². The zero-order chi connectivity index (χ0) is 19.0. The van der Waals surface area contributed by atoms with Gasteiger partial charge in [-0.25, -0.2) is 4.79 Å². The Labute approximate surface area is 161 Å². The minimum absolute atomic E-state index is 0.0690. The second-order valence-electron chi connectivity index (χ2n) is 7.29. The van der Waals surface area contributed by atoms with Crippen molar-refractivity contribution in [1.29, 1.82) is 0 Å². The maximum atomic E-state index is 12.5. The number of nitrogens with zero attached hydrogens (tertiary/aromatic N) is 2. The van der Waals surface area contributed by atoms with Crippen LogP contribution in [-0.2, 0) is 4.74 Å². The van der Waals surface area contributed by atoms with Crippen LogP contribution in [0.4, 0.5) is 9.93 Å². The third-order valence-electron chi connectivity index (χ3n) is 4.93. The molecule has 2 aliphatic rings. The predicted molar refractivity (Wildman–Crippen MR) is 102 cm³/mol. The highest BCUT2D eigenvalue weighted by molar-refractivity contribution is 7.15. The zero-order valence-corrected chi connectivity index (χ0v) is 16.1. The number of amides is 2. The van der Waals surface area contributed by atoms with Crippen molar-refractivity contribution in [3.8, 4) is 0 Å². The molecule has 142 valence electrons. The third-order valence-corrected chi connectivity index (χ3v) is 5.68. The quantitative estimate of drug-likeness (QED) is 0.794. The minimum atomic E-state index is -0.340. The molecule has 2 saturated carbocycles. The van der Waals surface area contributed by atoms with Gasteiger partial charge in [-0.05, 0) is 62.3 Å². The summed E-state index contributed by atoms with van der Waals surface area (Å²) in [6.45, 7) is 4.38. The Morgan fingerprint density at radius 3 is 2.78 bits per heavy atom. The van der Waals surface area contributed by atoms with E-state index in [1.54, 1.807) is 6.07 Å². The van der Waals surface area contributed by atoms with Gasteiger partial charge in [0.2, 0.25) is 5.13 Å². The lowest BCUT2D eigenvalue weighted by Crippen LogP contribution is -2.28. The normalized spacial score (nSPS) is 20.8. The van der Waals surface area contributed by atoms with Gasteiger partial charge in [0.05, 0.1) is 6.61 Å². The lowest BCUT2D eigenvalue weighted by molar-refractivity contribution is 0.102. The molecule has 7 nitrogen and oxygen atoms in total. The van der Waals surface area contributed by atoms with Crippen LogP contribution in [-0.4, -0.2) is 34.8 Å². The molecule has 2 aliphatic carbocycles. The number of aromatic nitrogens is 2. The molecule has 4 rings (SSSR count). The maximum Gasteiger partial charge on any atom is 0.407 e. The van der Waals surface area contributed by atoms with Crippen molar-refractivity contribution in [1.82, 2.24) is 15.5 Å². The van der Waals surface area contributed by atoms with Crippen molar-refractivity contribution >= 4 is 28.5 Å². The second kappa shape index (κ2) is 7.26. The summed E-state index contributed by atoms with van der Waals surface area (Å²) < 4.78 is 5.24. The molecule has 2 atom stereocenters. The largest absolute Gasteiger partial charge is 0.449 e. The minimum Gasteiger partial charge on any atom is -0.449 e. The van der Waals surface area contributed by atoms with Gasteiger partial charge in [-0.2, -0.15) is 0 Å². The fourth-order valence-corrected chi connectivity index (χ4v) is 3.65. The molecule has 2 amide bonds. The summed E-state index contributed by atoms with van der Waals surface area (Å²) in [7, 11) is 0. The molecule has 1 heterocycles. The van der Waals surface area contributed by atoms with Crippen LogP contribution >= 0.6 is 11.3 Å². The fraction of sp³-hybridized carbons (Fsp3) is 0.474. The Bertz CT molecular complexity index is 878. The van der Waals surface area contributed by atoms with Gasteiger partial charge < -0.3 is 10.1 Å². The molecule has 2 fully saturated rings. The number of benzene rings is 1. The first-order valence-corrected chi connectivity index (χ1v) is 9.96. The van der Waals surface area contributed by atoms with Gasteiger partial charge >= 0.3 is 6.09 Å². The van der Waals surface area contributed by atoms with Gasteiger partial charge in [0.25, 0.3) is 5.91 Å². The third kappa shape index (κ3) is 4.44. The second-order valence-corrected chi connectivity index (χ2v) is 8.47. The van der Waals surface area contributed by atoms with E-state index in [4.69, 9.17) is 4.74 Å². The molecule has 1 aromatic heterocycles. The Morgan fingerprint density at radius 2 is 2.07 bits per heavy atom. The molecule has 0 aliphatic heterocycles. The van der Waals surface area contributed by atoms with Gasteiger partial charge in [-0.1, -0.05) is 17.4 Å². The summed E-state index contributed by atoms with van der Waals surface area (Å²) in [6, 6.07) is 5.72. The van der Waals surface area contributed by atoms with Crippen LogP contribution in [0.3, 0.4) is 0 Å². The SMILES string of the molecule is Cc1nnc(NC(=O)c2ccc(C)c([C@@H]3C[C@H]3NC(=O)OCC3CC3)c2)s1. The molecule has 27 heavy (non-hydrogen) atoms. The van der Waals surface area contributed by atoms with Crippen LogP contribution in [0.25, 0.3) is 0 Å². The van der Waals surface area contributed by atoms with Gasteiger partial charge in [-0.15, -0.1) is 10.2 Å². The smallest absolute Gasteiger partial charge is 0.407 e. The molecule has 0 saturated heterocycles. The molecule has 1 aromatic carbocycles. The van der Waals surface area contributed by atoms with Crippen molar-refractivity contribution in [2.24, 2.45) is 5.92 Å². The van der Waals surface area contributed by atoms with E-state index in [1.807, 2.05) is 26.0 Å². The van der Waals surface area contributed by atoms with Crippen molar-refractivity contribution in [3.63, 3.8) is 0 Å². The van der Waals surface area contributed by atoms with E-state index < -0.39 is 0 Å². The predicted octanol–water partition coefficient (Wildman–Crippen LogP) is 3.40. The number of ether oxygens (including phenoxy) is 1. The number of alkyl carbamates (subject to hydrolysis) is 1. The van der Waals surface area contributed by atoms with E-state index in [0.29, 0.717) is 23.2 Å². The fourth-order valence-electron chi connectivity index (χ4n) is 3.07. The average Bonchev–Trinajstić information content (AvgIpc) is 3.55. The van der Waals surface area contributed by atoms with Crippen LogP contribution in [0.2, 0.25) is 0 Å². The number of aryl methyl sites for hydroxylation is 2. The highest BCUT2D eigenvalue weighted by atomic mass is 32.1. The first-order chi connectivity index (χ1) is 13.0. The van der Waals surface area contributed by atoms with E-state index in [2.05, 4.69) is 20.8 Å². The van der Waals surface area contributed by atoms with Crippen molar-refractivity contribution in [2.75, 3.05) is 11.9 Å². The van der Waals surface area contributed by atoms with Crippen LogP contribution in [0.15, 0.2) is 18.2 Å². The number of carbonyl (C=O) groups excluding carboxylic acids is 2. The van der Waals surface area contributed by atoms with Gasteiger partial charge in [-0.3, -0.25) is 10.1 Å². The highest BCUT2D eigenvalue weighted by Crippen LogP contribution is 2.42. The Hall–Kier alpha value is -2.48. The molecule has 0 unspecified atom stereocenters. The first kappa shape index (κ1) is 17.9. The van der Waals surface area contributed by atoms with Crippen LogP contribution in [0, 0.1) is 19.8 Å². The van der Waals surface area contributed by atoms with Gasteiger partial charge in [0.1, 0.15) is 5.01 Å². The number of carbonyl (C=O) groups is 2. The molecular weight excluding hydrogens is 364 g/mol. The summed E-state index contributed by atoms with van der Waals surface area (Å²) in [5.74, 6) is 0.566. The van der Waals surface area contributed by atoms with Crippen molar-refractivity contribution in [2.45, 2.75) is 45.1 Å². The summed E-state index contributed by atoms with van der Waals surface area (Å²) in [5.41, 5.74) is 2.77. The molecule has 0 bridgehead atoms. The lowest BCUT2D eigenvalue weighted by Gasteiger charge is -2.10. The number of anilines is 1. The first-order valence-electron chi connectivity index (χ1n) is 9.15. The van der Waals surface area contributed by atoms with E-state index in [9.17, 15) is 9.59 Å². The average molecular weight is 386 g/mol. The standard InChI is InChI=1S/C19H22N4O3S/c1-10-3-6-13(17(24)21-18-23-22-11(2)27-18)7-14(10)15-8-16(15)20-19(25)26-9-12-4-5-12/h3,6-7,12,15-16H,4-5,8-9H2,1-2H3,(H,20,25)(H,21,23,24)/t15-,16+/m0/s1. The lowest BCUT2D eigenvalue weighted by atomic mass is 10.0. The number of nitrogens with one attached hydrogen (secondary N) is 2. The summed E-state index contributed by atoms with van der Waals surface area (Å²) >= 11 is 1.34. The number of rotatable bonds is 6. The van der Waals surface area contributed by atoms with Crippen molar-refractivity contribution < 1.29 is 14.3 Å². The zero-order valence-electron chi connectivity index (χ0n) is 15.3. The Balaban J connectivity index is 1.37. The number of hydrogen-bond donors (Lipinski definition) is 2. The van der Waals surface area contributed by atoms with Crippen LogP contribution < -0.4 is 10.6 Å². The summed E-state index contributed by atoms with van der Waals surface area (Å²) in [4.78, 5) is 24.3. The topological polar surface area (TPSA) is 93.2 Å². The molecule has 2 aromatic rings. The van der Waals surface area contributed by atoms with Crippen LogP contribution in [0.5, 0.6) is 0 Å². The highest BCUT2D eigenvalue weighted by Gasteiger charge is 2.41. The monoisotopic (exact) mass is 386 g/mol. The molecule has 0 radical (unpaired) electrons. The molecule has 2 N–H and O–H groups in total. The van der Waals surface area contributed by atoms with Crippen LogP contribution in [0.1, 0.15) is 51.7 Å². The maximum absolute atomic E-state index is 12.5. The van der Waals surface area contributed by atoms with E-state index >= 15 is 0 Å². The molecular formula is C19H22N4O3S. The summed E-state index contributed by atoms with van der Waals surface area (Å²) in [6.07, 6.45) is 2.83. The summed E-state index contributed by atoms with van der Waals surface area (Å²) in [5, 5.41) is 14.8. The Morgan fingerprint density at radius 1 is 1.26 bits per heavy atom. The van der Waals surface area contributed by atoms with E-state index in [0.717, 1.165) is 35.4 Å². The van der Waals surface area contributed by atoms with Gasteiger partial charge in [0.15, 0.2) is 0 Å². The molecule has 0 spiro atoms. The molecule has 8 heteroatoms. The van der Waals surface area contributed by atoms with Gasteiger partial charge in [0, 0.05) is 17.5 Å². The van der Waals surface area contributed by atoms with Crippen molar-refractivity contribution in [3.05, 3.63) is 39.9 Å². The van der Waals surface area contributed by atoms with E-state index in [-0.39, 0.29) is 24.0 Å². The number of hydrogen-bond acceptors (Lipinski definition) is 6. The Kier molecular flexibility index (Phi) is 4.82.